The molecule has 0 radical (unpaired) electrons. The Bertz CT molecular complexity index is 1010. The molecule has 6 heteroatoms. The summed E-state index contributed by atoms with van der Waals surface area (Å²) in [4.78, 5) is 13.3. The number of fused-ring (bicyclic) bond motifs is 5. The molecule has 5 nitrogen and oxygen atoms in total. The lowest BCUT2D eigenvalue weighted by Crippen LogP contribution is -2.55. The largest absolute Gasteiger partial charge is 0.397 e. The molecule has 4 aliphatic rings. The maximum atomic E-state index is 13.3. The molecule has 0 aliphatic heterocycles. The van der Waals surface area contributed by atoms with Crippen LogP contribution in [0.15, 0.2) is 28.4 Å². The Balaban J connectivity index is 1.27. The number of nitrogens with zero attached hydrogens (tertiary/aromatic N) is 2. The van der Waals surface area contributed by atoms with Gasteiger partial charge in [0.15, 0.2) is 5.78 Å². The summed E-state index contributed by atoms with van der Waals surface area (Å²) in [6, 6.07) is 4.02. The van der Waals surface area contributed by atoms with Gasteiger partial charge >= 0.3 is 0 Å². The van der Waals surface area contributed by atoms with Gasteiger partial charge in [0.05, 0.1) is 11.3 Å². The molecule has 1 aromatic rings. The van der Waals surface area contributed by atoms with Gasteiger partial charge in [-0.1, -0.05) is 20.8 Å². The van der Waals surface area contributed by atoms with Gasteiger partial charge in [0.2, 0.25) is 0 Å². The van der Waals surface area contributed by atoms with E-state index >= 15 is 0 Å². The second-order valence-electron chi connectivity index (χ2n) is 12.8. The lowest BCUT2D eigenvalue weighted by atomic mass is 9.45. The van der Waals surface area contributed by atoms with E-state index in [1.807, 2.05) is 0 Å². The normalized spacial score (nSPS) is 42.9. The molecule has 0 saturated heterocycles. The van der Waals surface area contributed by atoms with Crippen molar-refractivity contribution in [3.05, 3.63) is 24.0 Å². The maximum absolute atomic E-state index is 13.3. The third-order valence-corrected chi connectivity index (χ3v) is 11.0. The fraction of sp³-hybridized carbons (Fsp3) is 0.759. The van der Waals surface area contributed by atoms with Gasteiger partial charge < -0.3 is 10.8 Å². The zero-order valence-electron chi connectivity index (χ0n) is 21.6. The Morgan fingerprint density at radius 1 is 1.09 bits per heavy atom. The average Bonchev–Trinajstić information content (AvgIpc) is 3.17. The third kappa shape index (κ3) is 4.24. The van der Waals surface area contributed by atoms with E-state index in [0.29, 0.717) is 23.4 Å². The number of carbonyl (C=O) groups excluding carboxylic acids is 1. The fourth-order valence-corrected chi connectivity index (χ4v) is 9.22. The molecule has 1 aromatic carbocycles. The van der Waals surface area contributed by atoms with Gasteiger partial charge in [-0.05, 0) is 117 Å². The first kappa shape index (κ1) is 24.9. The number of hydrogen-bond donors (Lipinski definition) is 2. The van der Waals surface area contributed by atoms with Crippen LogP contribution < -0.4 is 5.73 Å². The highest BCUT2D eigenvalue weighted by Gasteiger charge is 2.61. The zero-order chi connectivity index (χ0) is 25.0. The van der Waals surface area contributed by atoms with Gasteiger partial charge in [0.1, 0.15) is 18.0 Å². The number of carbonyl (C=O) groups is 1. The minimum absolute atomic E-state index is 0.0443. The first-order chi connectivity index (χ1) is 16.6. The van der Waals surface area contributed by atoms with E-state index in [4.69, 9.17) is 5.73 Å². The van der Waals surface area contributed by atoms with Crippen molar-refractivity contribution in [2.45, 2.75) is 90.6 Å². The molecule has 5 rings (SSSR count). The van der Waals surface area contributed by atoms with Gasteiger partial charge in [-0.25, -0.2) is 4.39 Å². The molecule has 192 valence electrons. The third-order valence-electron chi connectivity index (χ3n) is 11.0. The Morgan fingerprint density at radius 3 is 2.57 bits per heavy atom. The maximum Gasteiger partial charge on any atom is 0.159 e. The van der Waals surface area contributed by atoms with Crippen LogP contribution in [0, 0.1) is 46.2 Å². The SMILES string of the molecule is CC[C@@]1(O)CC[C@@H]2[C@H]3CC[C@]4(C)[C@@H](C(=O)CN=Nc5ccc(F)cc5N)CC[C@H]4[C@@H]3CC[C@]2(C)C1. The molecular formula is C29H42FN3O2. The summed E-state index contributed by atoms with van der Waals surface area (Å²) in [6.45, 7) is 7.00. The number of Topliss-reactive ketones (excluding diaryl/α,β-unsaturated/α-hetero) is 1. The number of anilines is 1. The van der Waals surface area contributed by atoms with Crippen molar-refractivity contribution in [2.24, 2.45) is 50.6 Å². The number of nitrogens with two attached hydrogens (primary N) is 1. The van der Waals surface area contributed by atoms with Crippen LogP contribution in [0.25, 0.3) is 0 Å². The number of halogens is 1. The zero-order valence-corrected chi connectivity index (χ0v) is 21.6. The molecule has 0 heterocycles. The van der Waals surface area contributed by atoms with Crippen molar-refractivity contribution >= 4 is 17.2 Å². The van der Waals surface area contributed by atoms with E-state index in [1.54, 1.807) is 0 Å². The summed E-state index contributed by atoms with van der Waals surface area (Å²) >= 11 is 0. The van der Waals surface area contributed by atoms with Crippen LogP contribution in [-0.4, -0.2) is 23.0 Å². The van der Waals surface area contributed by atoms with Crippen LogP contribution in [0.1, 0.15) is 85.0 Å². The summed E-state index contributed by atoms with van der Waals surface area (Å²) in [5.41, 5.74) is 6.29. The highest BCUT2D eigenvalue weighted by atomic mass is 19.1. The molecular weight excluding hydrogens is 441 g/mol. The summed E-state index contributed by atoms with van der Waals surface area (Å²) in [5, 5.41) is 19.3. The number of nitrogen functional groups attached to an aromatic ring is 1. The monoisotopic (exact) mass is 483 g/mol. The standard InChI is InChI=1S/C29H42FN3O2/c1-4-29(35)14-11-21-19-10-13-28(3)22(20(19)9-12-27(21,2)17-29)6-7-23(28)26(34)16-32-33-25-8-5-18(30)15-24(25)31/h5,8,15,19-23,35H,4,6-7,9-14,16-17,31H2,1-3H3/t19-,20+,21+,22-,23+,27+,28-,29+/m0/s1. The first-order valence-corrected chi connectivity index (χ1v) is 13.8. The molecule has 0 spiro atoms. The molecule has 4 saturated carbocycles. The van der Waals surface area contributed by atoms with Gasteiger partial charge in [0, 0.05) is 5.92 Å². The molecule has 0 unspecified atom stereocenters. The van der Waals surface area contributed by atoms with Crippen LogP contribution in [0.4, 0.5) is 15.8 Å². The highest BCUT2D eigenvalue weighted by Crippen LogP contribution is 2.67. The van der Waals surface area contributed by atoms with Crippen LogP contribution in [0.5, 0.6) is 0 Å². The van der Waals surface area contributed by atoms with Crippen molar-refractivity contribution in [3.8, 4) is 0 Å². The van der Waals surface area contributed by atoms with Gasteiger partial charge in [0.25, 0.3) is 0 Å². The Labute approximate surface area is 209 Å². The summed E-state index contributed by atoms with van der Waals surface area (Å²) in [7, 11) is 0. The van der Waals surface area contributed by atoms with Crippen molar-refractivity contribution in [3.63, 3.8) is 0 Å². The van der Waals surface area contributed by atoms with Crippen LogP contribution in [0.3, 0.4) is 0 Å². The minimum atomic E-state index is -0.473. The van der Waals surface area contributed by atoms with Crippen molar-refractivity contribution in [2.75, 3.05) is 12.3 Å². The number of ketones is 1. The molecule has 35 heavy (non-hydrogen) atoms. The smallest absolute Gasteiger partial charge is 0.159 e. The summed E-state index contributed by atoms with van der Waals surface area (Å²) in [6.07, 6.45) is 10.8. The average molecular weight is 484 g/mol. The molecule has 4 aliphatic carbocycles. The van der Waals surface area contributed by atoms with E-state index in [0.717, 1.165) is 50.9 Å². The van der Waals surface area contributed by atoms with Crippen LogP contribution in [0.2, 0.25) is 0 Å². The lowest BCUT2D eigenvalue weighted by Gasteiger charge is -2.61. The topological polar surface area (TPSA) is 88.0 Å². The Morgan fingerprint density at radius 2 is 1.83 bits per heavy atom. The summed E-state index contributed by atoms with van der Waals surface area (Å²) in [5.74, 6) is 2.59. The van der Waals surface area contributed by atoms with Crippen molar-refractivity contribution in [1.29, 1.82) is 0 Å². The molecule has 0 aromatic heterocycles. The number of benzene rings is 1. The fourth-order valence-electron chi connectivity index (χ4n) is 9.22. The lowest BCUT2D eigenvalue weighted by molar-refractivity contribution is -0.148. The van der Waals surface area contributed by atoms with Gasteiger partial charge in [-0.3, -0.25) is 4.79 Å². The first-order valence-electron chi connectivity index (χ1n) is 13.8. The molecule has 4 fully saturated rings. The van der Waals surface area contributed by atoms with E-state index in [9.17, 15) is 14.3 Å². The number of aliphatic hydroxyl groups is 1. The number of azo groups is 1. The quantitative estimate of drug-likeness (QED) is 0.354. The van der Waals surface area contributed by atoms with Crippen LogP contribution in [-0.2, 0) is 4.79 Å². The van der Waals surface area contributed by atoms with Gasteiger partial charge in [-0.15, -0.1) is 0 Å². The molecule has 8 atom stereocenters. The number of hydrogen-bond acceptors (Lipinski definition) is 5. The van der Waals surface area contributed by atoms with Crippen molar-refractivity contribution in [1.82, 2.24) is 0 Å². The highest BCUT2D eigenvalue weighted by molar-refractivity contribution is 5.84. The van der Waals surface area contributed by atoms with Crippen molar-refractivity contribution < 1.29 is 14.3 Å². The summed E-state index contributed by atoms with van der Waals surface area (Å²) < 4.78 is 13.3. The Hall–Kier alpha value is -1.82. The molecule has 0 amide bonds. The second-order valence-corrected chi connectivity index (χ2v) is 12.8. The van der Waals surface area contributed by atoms with E-state index in [2.05, 4.69) is 31.0 Å². The van der Waals surface area contributed by atoms with Gasteiger partial charge in [-0.2, -0.15) is 10.2 Å². The minimum Gasteiger partial charge on any atom is -0.397 e. The molecule has 0 bridgehead atoms. The van der Waals surface area contributed by atoms with E-state index in [-0.39, 0.29) is 34.8 Å². The Kier molecular flexibility index (Phi) is 6.34. The van der Waals surface area contributed by atoms with Crippen LogP contribution >= 0.6 is 0 Å². The predicted octanol–water partition coefficient (Wildman–Crippen LogP) is 6.86. The predicted molar refractivity (Wildman–Crippen MR) is 136 cm³/mol. The second kappa shape index (κ2) is 8.93. The molecule has 3 N–H and O–H groups in total. The number of rotatable bonds is 5. The van der Waals surface area contributed by atoms with E-state index in [1.165, 1.54) is 37.5 Å². The van der Waals surface area contributed by atoms with E-state index < -0.39 is 11.4 Å².